The molecule has 3 N–H and O–H groups in total. The topological polar surface area (TPSA) is 127 Å². The Morgan fingerprint density at radius 2 is 2.09 bits per heavy atom. The third kappa shape index (κ3) is 5.01. The highest BCUT2D eigenvalue weighted by atomic mass is 16.5. The number of pyridine rings is 1. The minimum absolute atomic E-state index is 0.138. The summed E-state index contributed by atoms with van der Waals surface area (Å²) in [7, 11) is 1.73. The van der Waals surface area contributed by atoms with Crippen molar-refractivity contribution in [2.24, 2.45) is 0 Å². The number of hydrogen-bond donors (Lipinski definition) is 3. The van der Waals surface area contributed by atoms with Crippen molar-refractivity contribution in [1.82, 2.24) is 24.7 Å². The molecule has 10 heteroatoms. The lowest BCUT2D eigenvalue weighted by Crippen LogP contribution is -2.17. The molecule has 4 aromatic rings. The largest absolute Gasteiger partial charge is 0.493 e. The van der Waals surface area contributed by atoms with Gasteiger partial charge in [0.15, 0.2) is 0 Å². The van der Waals surface area contributed by atoms with Crippen LogP contribution in [0.2, 0.25) is 0 Å². The van der Waals surface area contributed by atoms with Crippen LogP contribution in [0.3, 0.4) is 0 Å². The summed E-state index contributed by atoms with van der Waals surface area (Å²) in [4.78, 5) is 24.8. The number of rotatable bonds is 9. The first-order valence-corrected chi connectivity index (χ1v) is 11.6. The molecular formula is C25H27N7O3. The van der Waals surface area contributed by atoms with Crippen LogP contribution in [0, 0.1) is 0 Å². The fourth-order valence-corrected chi connectivity index (χ4v) is 4.31. The molecule has 1 aliphatic heterocycles. The number of aliphatic carboxylic acids is 1. The summed E-state index contributed by atoms with van der Waals surface area (Å²) in [5.74, 6) is 0.272. The number of carboxylic acid groups (broad SMARTS) is 1. The third-order valence-electron chi connectivity index (χ3n) is 6.08. The lowest BCUT2D eigenvalue weighted by Gasteiger charge is -2.17. The molecule has 5 rings (SSSR count). The number of aryl methyl sites for hydroxylation is 1. The van der Waals surface area contributed by atoms with E-state index >= 15 is 0 Å². The molecule has 0 fully saturated rings. The predicted molar refractivity (Wildman–Crippen MR) is 132 cm³/mol. The number of aromatic nitrogens is 5. The Morgan fingerprint density at radius 3 is 2.89 bits per heavy atom. The number of nitrogens with zero attached hydrogens (tertiary/aromatic N) is 5. The predicted octanol–water partition coefficient (Wildman–Crippen LogP) is 3.31. The molecular weight excluding hydrogens is 446 g/mol. The maximum Gasteiger partial charge on any atom is 0.305 e. The van der Waals surface area contributed by atoms with E-state index in [0.29, 0.717) is 24.5 Å². The molecule has 10 nitrogen and oxygen atoms in total. The normalized spacial score (nSPS) is 13.6. The van der Waals surface area contributed by atoms with Gasteiger partial charge in [-0.05, 0) is 43.2 Å². The van der Waals surface area contributed by atoms with Crippen LogP contribution in [0.15, 0.2) is 48.9 Å². The van der Waals surface area contributed by atoms with Crippen molar-refractivity contribution in [3.8, 4) is 5.75 Å². The van der Waals surface area contributed by atoms with Gasteiger partial charge in [-0.3, -0.25) is 14.5 Å². The minimum Gasteiger partial charge on any atom is -0.493 e. The quantitative estimate of drug-likeness (QED) is 0.335. The maximum absolute atomic E-state index is 11.6. The number of benzene rings is 1. The molecule has 0 spiro atoms. The van der Waals surface area contributed by atoms with Gasteiger partial charge in [-0.15, -0.1) is 0 Å². The number of nitrogens with one attached hydrogen (secondary N) is 2. The number of ether oxygens (including phenoxy) is 1. The molecule has 35 heavy (non-hydrogen) atoms. The first kappa shape index (κ1) is 22.6. The van der Waals surface area contributed by atoms with Crippen molar-refractivity contribution in [2.75, 3.05) is 30.8 Å². The Balaban J connectivity index is 1.30. The van der Waals surface area contributed by atoms with Crippen LogP contribution >= 0.6 is 0 Å². The van der Waals surface area contributed by atoms with E-state index in [2.05, 4.69) is 31.8 Å². The Morgan fingerprint density at radius 1 is 1.23 bits per heavy atom. The molecule has 1 unspecified atom stereocenters. The zero-order valence-corrected chi connectivity index (χ0v) is 19.4. The Hall–Kier alpha value is -4.21. The van der Waals surface area contributed by atoms with E-state index < -0.39 is 12.0 Å². The molecule has 0 saturated carbocycles. The second-order valence-corrected chi connectivity index (χ2v) is 8.44. The van der Waals surface area contributed by atoms with Gasteiger partial charge in [0.05, 0.1) is 42.2 Å². The van der Waals surface area contributed by atoms with Crippen molar-refractivity contribution < 1.29 is 14.6 Å². The average Bonchev–Trinajstić information content (AvgIpc) is 3.30. The van der Waals surface area contributed by atoms with Gasteiger partial charge in [-0.1, -0.05) is 0 Å². The zero-order chi connectivity index (χ0) is 24.2. The number of fused-ring (bicyclic) bond motifs is 2. The molecule has 0 saturated heterocycles. The first-order chi connectivity index (χ1) is 17.1. The minimum atomic E-state index is -0.928. The number of anilines is 2. The molecule has 0 amide bonds. The third-order valence-corrected chi connectivity index (χ3v) is 6.08. The monoisotopic (exact) mass is 473 g/mol. The summed E-state index contributed by atoms with van der Waals surface area (Å²) >= 11 is 0. The fraction of sp³-hybridized carbons (Fsp3) is 0.320. The maximum atomic E-state index is 11.6. The highest BCUT2D eigenvalue weighted by Gasteiger charge is 2.21. The second kappa shape index (κ2) is 9.96. The Bertz CT molecular complexity index is 1340. The lowest BCUT2D eigenvalue weighted by atomic mass is 10.1. The van der Waals surface area contributed by atoms with E-state index in [1.54, 1.807) is 30.3 Å². The summed E-state index contributed by atoms with van der Waals surface area (Å²) in [5, 5.41) is 21.1. The highest BCUT2D eigenvalue weighted by Crippen LogP contribution is 2.28. The van der Waals surface area contributed by atoms with Crippen LogP contribution in [-0.4, -0.2) is 56.0 Å². The fourth-order valence-electron chi connectivity index (χ4n) is 4.31. The Kier molecular flexibility index (Phi) is 6.42. The van der Waals surface area contributed by atoms with Gasteiger partial charge < -0.3 is 20.5 Å². The first-order valence-electron chi connectivity index (χ1n) is 11.6. The van der Waals surface area contributed by atoms with E-state index in [4.69, 9.17) is 9.72 Å². The van der Waals surface area contributed by atoms with Gasteiger partial charge in [0.2, 0.25) is 5.95 Å². The molecule has 0 aliphatic carbocycles. The van der Waals surface area contributed by atoms with E-state index in [9.17, 15) is 9.90 Å². The smallest absolute Gasteiger partial charge is 0.305 e. The van der Waals surface area contributed by atoms with Gasteiger partial charge in [-0.25, -0.2) is 9.97 Å². The summed E-state index contributed by atoms with van der Waals surface area (Å²) in [6, 6.07) is 9.31. The van der Waals surface area contributed by atoms with E-state index in [1.165, 1.54) is 0 Å². The van der Waals surface area contributed by atoms with Gasteiger partial charge >= 0.3 is 5.97 Å². The standard InChI is InChI=1S/C25H27N7O3/c1-26-25-28-13-17(14-29-25)23(12-24(33)34)32-22-7-5-19(11-16(22)15-30-32)35-10-8-18-4-6-20-21(31-18)3-2-9-27-20/h4-7,11,13-15,23,27H,2-3,8-10,12H2,1H3,(H,33,34)(H,26,28,29). The molecule has 1 atom stereocenters. The Labute approximate surface area is 202 Å². The van der Waals surface area contributed by atoms with E-state index in [0.717, 1.165) is 53.1 Å². The summed E-state index contributed by atoms with van der Waals surface area (Å²) in [5.41, 5.74) is 4.76. The number of hydrogen-bond acceptors (Lipinski definition) is 8. The van der Waals surface area contributed by atoms with Crippen LogP contribution in [0.5, 0.6) is 5.75 Å². The number of carbonyl (C=O) groups is 1. The van der Waals surface area contributed by atoms with Crippen molar-refractivity contribution in [3.63, 3.8) is 0 Å². The van der Waals surface area contributed by atoms with Gasteiger partial charge in [0.25, 0.3) is 0 Å². The molecule has 0 radical (unpaired) electrons. The van der Waals surface area contributed by atoms with Gasteiger partial charge in [0.1, 0.15) is 5.75 Å². The lowest BCUT2D eigenvalue weighted by molar-refractivity contribution is -0.137. The zero-order valence-electron chi connectivity index (χ0n) is 19.4. The summed E-state index contributed by atoms with van der Waals surface area (Å²) in [6.07, 6.45) is 7.67. The van der Waals surface area contributed by atoms with Crippen LogP contribution in [0.1, 0.15) is 35.8 Å². The summed E-state index contributed by atoms with van der Waals surface area (Å²) in [6.45, 7) is 1.51. The van der Waals surface area contributed by atoms with Crippen LogP contribution in [0.4, 0.5) is 11.6 Å². The molecule has 4 heterocycles. The van der Waals surface area contributed by atoms with Crippen molar-refractivity contribution in [1.29, 1.82) is 0 Å². The second-order valence-electron chi connectivity index (χ2n) is 8.44. The molecule has 3 aromatic heterocycles. The number of carboxylic acids is 1. The molecule has 1 aromatic carbocycles. The molecule has 0 bridgehead atoms. The van der Waals surface area contributed by atoms with Crippen LogP contribution < -0.4 is 15.4 Å². The molecule has 180 valence electrons. The van der Waals surface area contributed by atoms with Crippen LogP contribution in [-0.2, 0) is 17.6 Å². The van der Waals surface area contributed by atoms with Crippen molar-refractivity contribution >= 4 is 28.5 Å². The van der Waals surface area contributed by atoms with Crippen LogP contribution in [0.25, 0.3) is 10.9 Å². The van der Waals surface area contributed by atoms with E-state index in [1.807, 2.05) is 24.3 Å². The highest BCUT2D eigenvalue weighted by molar-refractivity contribution is 5.81. The SMILES string of the molecule is CNc1ncc(C(CC(=O)O)n2ncc3cc(OCCc4ccc5c(n4)CCCN5)ccc32)cn1. The van der Waals surface area contributed by atoms with Gasteiger partial charge in [0, 0.05) is 49.1 Å². The average molecular weight is 474 g/mol. The molecule has 1 aliphatic rings. The van der Waals surface area contributed by atoms with Crippen molar-refractivity contribution in [2.45, 2.75) is 31.7 Å². The van der Waals surface area contributed by atoms with Gasteiger partial charge in [-0.2, -0.15) is 5.10 Å². The van der Waals surface area contributed by atoms with Crippen molar-refractivity contribution in [3.05, 3.63) is 65.9 Å². The van der Waals surface area contributed by atoms with E-state index in [-0.39, 0.29) is 6.42 Å². The summed E-state index contributed by atoms with van der Waals surface area (Å²) < 4.78 is 7.70.